The molecule has 6 aliphatic heterocycles. The number of carboxylic acid groups (broad SMARTS) is 1. The molecule has 9 N–H and O–H groups in total. The molecule has 82 heavy (non-hydrogen) atoms. The van der Waals surface area contributed by atoms with Gasteiger partial charge in [-0.25, -0.2) is 39.4 Å². The maximum absolute atomic E-state index is 13.0. The van der Waals surface area contributed by atoms with Gasteiger partial charge in [0.15, 0.2) is 27.6 Å². The van der Waals surface area contributed by atoms with Crippen LogP contribution >= 0.6 is 22.7 Å². The van der Waals surface area contributed by atoms with Crippen LogP contribution in [0.2, 0.25) is 0 Å². The number of anilines is 2. The van der Waals surface area contributed by atoms with Gasteiger partial charge in [-0.3, -0.25) is 37.7 Å². The van der Waals surface area contributed by atoms with E-state index in [-0.39, 0.29) is 74.7 Å². The molecule has 0 spiro atoms. The second-order valence-corrected chi connectivity index (χ2v) is 22.2. The van der Waals surface area contributed by atoms with Crippen LogP contribution in [0.15, 0.2) is 48.8 Å². The van der Waals surface area contributed by atoms with Crippen LogP contribution in [-0.2, 0) is 53.5 Å². The summed E-state index contributed by atoms with van der Waals surface area (Å²) in [5.41, 5.74) is 23.8. The number of primary amides is 1. The van der Waals surface area contributed by atoms with E-state index in [0.29, 0.717) is 52.8 Å². The number of nitrogen functional groups attached to an aromatic ring is 2. The molecule has 0 saturated carbocycles. The second kappa shape index (κ2) is 21.6. The average Bonchev–Trinajstić information content (AvgIpc) is 2.55. The van der Waals surface area contributed by atoms with Crippen LogP contribution in [-0.4, -0.2) is 177 Å². The summed E-state index contributed by atoms with van der Waals surface area (Å²) in [6.07, 6.45) is 4.79. The lowest BCUT2D eigenvalue weighted by atomic mass is 9.90. The van der Waals surface area contributed by atoms with Crippen LogP contribution in [0.1, 0.15) is 115 Å². The van der Waals surface area contributed by atoms with Gasteiger partial charge in [-0.1, -0.05) is 17.7 Å². The zero-order valence-corrected chi connectivity index (χ0v) is 46.4. The maximum atomic E-state index is 13.0. The minimum absolute atomic E-state index is 0. The zero-order valence-electron chi connectivity index (χ0n) is 44.8. The molecule has 7 amide bonds. The highest BCUT2D eigenvalue weighted by Gasteiger charge is 2.53. The summed E-state index contributed by atoms with van der Waals surface area (Å²) in [6, 6.07) is -2.97. The fourth-order valence-corrected chi connectivity index (χ4v) is 12.0. The molecule has 6 atom stereocenters. The van der Waals surface area contributed by atoms with Gasteiger partial charge in [-0.15, -0.1) is 22.7 Å². The quantitative estimate of drug-likeness (QED) is 0.0457. The number of thiazole rings is 2. The number of aliphatic imine (C=N–C) groups is 1. The van der Waals surface area contributed by atoms with Crippen molar-refractivity contribution in [3.8, 4) is 0 Å². The van der Waals surface area contributed by atoms with Crippen LogP contribution in [0.25, 0.3) is 0 Å². The van der Waals surface area contributed by atoms with Crippen molar-refractivity contribution in [2.45, 2.75) is 77.0 Å². The third-order valence-electron chi connectivity index (χ3n) is 15.1. The Kier molecular flexibility index (Phi) is 15.1. The van der Waals surface area contributed by atoms with E-state index in [9.17, 15) is 38.7 Å². The molecular weight excluding hydrogens is 1110 g/mol. The normalized spacial score (nSPS) is 21.3. The van der Waals surface area contributed by atoms with Crippen molar-refractivity contribution in [3.05, 3.63) is 90.9 Å². The third-order valence-corrected chi connectivity index (χ3v) is 16.6. The van der Waals surface area contributed by atoms with Gasteiger partial charge in [-0.2, -0.15) is 15.3 Å². The molecule has 6 aliphatic rings. The number of carbonyl (C=O) groups excluding carboxylic acids is 5. The van der Waals surface area contributed by atoms with E-state index >= 15 is 0 Å². The number of oxime groups is 1. The summed E-state index contributed by atoms with van der Waals surface area (Å²) in [5.74, 6) is -2.84. The summed E-state index contributed by atoms with van der Waals surface area (Å²) >= 11 is 2.57. The molecule has 12 heterocycles. The number of urea groups is 3. The summed E-state index contributed by atoms with van der Waals surface area (Å²) in [7, 11) is 10.5. The summed E-state index contributed by atoms with van der Waals surface area (Å²) in [6.45, 7) is 4.48. The van der Waals surface area contributed by atoms with Gasteiger partial charge in [0.1, 0.15) is 18.1 Å². The Morgan fingerprint density at radius 2 is 1.23 bits per heavy atom. The Hall–Kier alpha value is -9.41. The Labute approximate surface area is 473 Å². The first-order valence-corrected chi connectivity index (χ1v) is 26.5. The number of fused-ring (bicyclic) bond motifs is 12. The number of hydrogen-bond acceptors (Lipinski definition) is 22. The maximum Gasteiger partial charge on any atom is 0.442 e. The number of likely N-dealkylation sites (N-methyl/N-ethyl adjacent to an activating group) is 3. The first kappa shape index (κ1) is 57.3. The number of aliphatic carboxylic acids is 1. The first-order valence-electron chi connectivity index (χ1n) is 24.8. The number of nitrogens with one attached hydrogen (secondary N) is 1. The van der Waals surface area contributed by atoms with E-state index in [1.54, 1.807) is 103 Å². The van der Waals surface area contributed by atoms with E-state index in [0.717, 1.165) is 28.1 Å². The Bertz CT molecular complexity index is 3640. The number of amidine groups is 1. The summed E-state index contributed by atoms with van der Waals surface area (Å²) in [4.78, 5) is 114. The number of hydrogen-bond donors (Lipinski definition) is 6. The Morgan fingerprint density at radius 1 is 0.756 bits per heavy atom. The summed E-state index contributed by atoms with van der Waals surface area (Å²) in [5, 5.41) is 42.6. The van der Waals surface area contributed by atoms with Gasteiger partial charge in [0.2, 0.25) is 0 Å². The minimum Gasteiger partial charge on any atom is -0.481 e. The predicted molar refractivity (Wildman–Crippen MR) is 289 cm³/mol. The van der Waals surface area contributed by atoms with Crippen molar-refractivity contribution in [2.75, 3.05) is 52.2 Å². The Balaban J connectivity index is 0.000000152. The molecule has 3 saturated heterocycles. The lowest BCUT2D eigenvalue weighted by Gasteiger charge is -2.32. The average molecular weight is 1170 g/mol. The van der Waals surface area contributed by atoms with Crippen molar-refractivity contribution < 1.29 is 48.4 Å². The van der Waals surface area contributed by atoms with Gasteiger partial charge in [0.05, 0.1) is 90.1 Å². The van der Waals surface area contributed by atoms with Gasteiger partial charge in [0, 0.05) is 89.4 Å². The van der Waals surface area contributed by atoms with Crippen molar-refractivity contribution in [1.29, 1.82) is 0 Å². The van der Waals surface area contributed by atoms with E-state index in [1.165, 1.54) is 46.0 Å². The zero-order chi connectivity index (χ0) is 58.3. The van der Waals surface area contributed by atoms with E-state index < -0.39 is 47.1 Å². The topological polar surface area (TPSA) is 414 Å². The van der Waals surface area contributed by atoms with Crippen molar-refractivity contribution in [2.24, 2.45) is 42.4 Å². The molecule has 35 heteroatoms. The molecule has 3 fully saturated rings. The highest BCUT2D eigenvalue weighted by Crippen LogP contribution is 2.47. The smallest absolute Gasteiger partial charge is 0.442 e. The first-order chi connectivity index (χ1) is 38.4. The van der Waals surface area contributed by atoms with Crippen LogP contribution in [0.5, 0.6) is 0 Å². The van der Waals surface area contributed by atoms with Crippen LogP contribution < -0.4 is 28.4 Å². The highest BCUT2D eigenvalue weighted by atomic mass is 32.1. The van der Waals surface area contributed by atoms with Gasteiger partial charge < -0.3 is 61.8 Å². The van der Waals surface area contributed by atoms with Crippen LogP contribution in [0.3, 0.4) is 0 Å². The molecule has 436 valence electrons. The van der Waals surface area contributed by atoms with E-state index in [1.807, 2.05) is 7.05 Å². The predicted octanol–water partition coefficient (Wildman–Crippen LogP) is 1.07. The number of nitrogens with zero attached hydrogens (tertiary/aromatic N) is 18. The fourth-order valence-electron chi connectivity index (χ4n) is 10.9. The van der Waals surface area contributed by atoms with Gasteiger partial charge in [0.25, 0.3) is 5.91 Å². The third kappa shape index (κ3) is 9.71. The fraction of sp³-hybridized carbons (Fsp3) is 0.468. The van der Waals surface area contributed by atoms with Crippen molar-refractivity contribution in [1.82, 2.24) is 83.9 Å². The van der Waals surface area contributed by atoms with Crippen LogP contribution in [0, 0.1) is 5.41 Å². The molecule has 6 aromatic heterocycles. The standard InChI is InChI=1S/C20H26N8O5S.C15H16N8O3S.C11H14N6O3.CH4/c1-20(2,17(30)31)5-13(29)33-25-16(22-6-10-9-34-18(21)24-10)15-14-11(7-23-27(14)4)12-8-28(15)19(32)26(12)3;1-20-9-5-22(14(20)24)11(10-8(9)3-17-21(10)2)12-19-26-15(25)23(12)4-7-6-27-13(16)18-7;1-15-6-4-17(11(15)19)9(7(14-20)10(12)18)8-5(6)3-13-16(8)2;/h7,9,12,15H,5-6,8H2,1-4H3,(H2,21,24)(H,22,25)(H,30,31);3,6,9,11H,4-5H2,1-2H3,(H2,16,18);3,6,9,20H,4H2,1-2H3,(H2,12,18);1H4/b;;14-7-;/t12-,15-;9-,11-;6-,9+;/m000./s1. The number of carboxylic acids is 1. The summed E-state index contributed by atoms with van der Waals surface area (Å²) < 4.78 is 11.3. The van der Waals surface area contributed by atoms with Gasteiger partial charge in [-0.05, 0) is 13.8 Å². The minimum atomic E-state index is -1.31. The number of hydroxylamine groups is 1. The van der Waals surface area contributed by atoms with Crippen molar-refractivity contribution >= 4 is 80.4 Å². The molecule has 33 nitrogen and oxygen atoms in total. The highest BCUT2D eigenvalue weighted by molar-refractivity contribution is 7.13. The molecule has 0 aliphatic carbocycles. The molecular formula is C47H60N22O11S2. The molecule has 6 bridgehead atoms. The largest absolute Gasteiger partial charge is 0.481 e. The van der Waals surface area contributed by atoms with Crippen LogP contribution in [0.4, 0.5) is 24.6 Å². The molecule has 6 aromatic rings. The number of carbonyl (C=O) groups is 6. The molecule has 0 aromatic carbocycles. The SMILES string of the molecule is C.CN1C(=O)N2C[C@H]1c1cnn(C)c1[C@H]2/C(=N/O)C(N)=O.CN1C(=O)N2C[C@H]1c1cnn(C)c1[C@H]2C(=NCc1csc(N)n1)NOC(=O)CC(C)(C)C(=O)O.CN1C(=O)N2C[C@H]1c1cnn(C)c1[C@H]2c1noc(=O)n1Cc1csc(N)n1. The van der Waals surface area contributed by atoms with E-state index in [4.69, 9.17) is 31.8 Å². The Morgan fingerprint density at radius 3 is 1.73 bits per heavy atom. The molecule has 0 radical (unpaired) electrons. The number of aromatic nitrogens is 10. The molecule has 0 unspecified atom stereocenters. The van der Waals surface area contributed by atoms with Gasteiger partial charge >= 0.3 is 35.8 Å². The number of amides is 7. The second-order valence-electron chi connectivity index (χ2n) is 20.5. The molecule has 12 rings (SSSR count). The number of aryl methyl sites for hydroxylation is 3. The lowest BCUT2D eigenvalue weighted by molar-refractivity contribution is -0.158. The number of rotatable bonds is 11. The lowest BCUT2D eigenvalue weighted by Crippen LogP contribution is -2.45. The van der Waals surface area contributed by atoms with E-state index in [2.05, 4.69) is 46.0 Å². The number of nitrogens with two attached hydrogens (primary N) is 3. The van der Waals surface area contributed by atoms with Crippen molar-refractivity contribution in [3.63, 3.8) is 0 Å². The monoisotopic (exact) mass is 1170 g/mol.